The van der Waals surface area contributed by atoms with E-state index in [0.29, 0.717) is 17.6 Å². The van der Waals surface area contributed by atoms with Gasteiger partial charge >= 0.3 is 0 Å². The van der Waals surface area contributed by atoms with Gasteiger partial charge in [0.2, 0.25) is 0 Å². The number of likely N-dealkylation sites (tertiary alicyclic amines) is 1. The highest BCUT2D eigenvalue weighted by Gasteiger charge is 2.29. The number of piperidine rings is 1. The lowest BCUT2D eigenvalue weighted by Gasteiger charge is -2.37. The maximum atomic E-state index is 13.1. The van der Waals surface area contributed by atoms with E-state index >= 15 is 0 Å². The van der Waals surface area contributed by atoms with E-state index in [0.717, 1.165) is 67.1 Å². The van der Waals surface area contributed by atoms with Gasteiger partial charge < -0.3 is 14.5 Å². The number of ketones is 1. The Labute approximate surface area is 197 Å². The topological polar surface area (TPSA) is 49.9 Å². The summed E-state index contributed by atoms with van der Waals surface area (Å²) >= 11 is 0. The van der Waals surface area contributed by atoms with Crippen LogP contribution in [0.15, 0.2) is 36.4 Å². The number of carbonyl (C=O) groups excluding carboxylic acids is 2. The predicted molar refractivity (Wildman–Crippen MR) is 133 cm³/mol. The van der Waals surface area contributed by atoms with Crippen LogP contribution in [0.2, 0.25) is 0 Å². The standard InChI is InChI=1S/C28H36N2O3/c1-6-20-17-22(8-9-23(20)26(31)19(2)3)30-15-16-33-25-18-21(7-10-24(25)30)27(32)29-13-11-28(4,5)12-14-29/h7-10,17-19H,6,11-16H2,1-5H3. The SMILES string of the molecule is CCc1cc(N2CCOc3cc(C(=O)N4CCC(C)(C)CC4)ccc32)ccc1C(=O)C(C)C. The molecule has 0 spiro atoms. The number of benzene rings is 2. The number of ether oxygens (including phenoxy) is 1. The highest BCUT2D eigenvalue weighted by atomic mass is 16.5. The first-order valence-electron chi connectivity index (χ1n) is 12.2. The number of nitrogens with zero attached hydrogens (tertiary/aromatic N) is 2. The van der Waals surface area contributed by atoms with Crippen molar-refractivity contribution in [1.29, 1.82) is 0 Å². The Balaban J connectivity index is 1.59. The molecule has 0 atom stereocenters. The van der Waals surface area contributed by atoms with Crippen LogP contribution in [0.25, 0.3) is 0 Å². The molecule has 0 aliphatic carbocycles. The summed E-state index contributed by atoms with van der Waals surface area (Å²) in [5.41, 5.74) is 4.89. The number of anilines is 2. The van der Waals surface area contributed by atoms with Gasteiger partial charge in [-0.3, -0.25) is 9.59 Å². The van der Waals surface area contributed by atoms with Crippen LogP contribution in [0, 0.1) is 11.3 Å². The van der Waals surface area contributed by atoms with E-state index in [-0.39, 0.29) is 17.6 Å². The number of aryl methyl sites for hydroxylation is 1. The summed E-state index contributed by atoms with van der Waals surface area (Å²) < 4.78 is 5.97. The summed E-state index contributed by atoms with van der Waals surface area (Å²) in [6, 6.07) is 11.9. The molecule has 4 rings (SSSR count). The van der Waals surface area contributed by atoms with Crippen LogP contribution in [0.5, 0.6) is 5.75 Å². The zero-order chi connectivity index (χ0) is 23.8. The van der Waals surface area contributed by atoms with Crippen molar-refractivity contribution in [2.75, 3.05) is 31.1 Å². The van der Waals surface area contributed by atoms with Crippen LogP contribution in [0.4, 0.5) is 11.4 Å². The van der Waals surface area contributed by atoms with Crippen LogP contribution in [-0.2, 0) is 6.42 Å². The van der Waals surface area contributed by atoms with E-state index in [9.17, 15) is 9.59 Å². The Kier molecular flexibility index (Phi) is 6.51. The lowest BCUT2D eigenvalue weighted by atomic mass is 9.82. The van der Waals surface area contributed by atoms with Gasteiger partial charge in [0.25, 0.3) is 5.91 Å². The normalized spacial score (nSPS) is 17.5. The summed E-state index contributed by atoms with van der Waals surface area (Å²) in [4.78, 5) is 29.9. The summed E-state index contributed by atoms with van der Waals surface area (Å²) in [6.45, 7) is 13.4. The van der Waals surface area contributed by atoms with Gasteiger partial charge in [-0.1, -0.05) is 34.6 Å². The zero-order valence-corrected chi connectivity index (χ0v) is 20.6. The molecule has 1 saturated heterocycles. The van der Waals surface area contributed by atoms with Crippen LogP contribution in [-0.4, -0.2) is 42.8 Å². The van der Waals surface area contributed by atoms with E-state index in [2.05, 4.69) is 31.7 Å². The minimum atomic E-state index is -0.0211. The molecule has 33 heavy (non-hydrogen) atoms. The first-order valence-corrected chi connectivity index (χ1v) is 12.2. The lowest BCUT2D eigenvalue weighted by molar-refractivity contribution is 0.0629. The first-order chi connectivity index (χ1) is 15.7. The van der Waals surface area contributed by atoms with E-state index in [4.69, 9.17) is 4.74 Å². The molecule has 2 aliphatic rings. The maximum absolute atomic E-state index is 13.1. The van der Waals surface area contributed by atoms with Gasteiger partial charge in [0.05, 0.1) is 12.2 Å². The van der Waals surface area contributed by atoms with Crippen molar-refractivity contribution < 1.29 is 14.3 Å². The number of fused-ring (bicyclic) bond motifs is 1. The molecule has 2 heterocycles. The van der Waals surface area contributed by atoms with Crippen molar-refractivity contribution in [1.82, 2.24) is 4.90 Å². The van der Waals surface area contributed by atoms with Crippen molar-refractivity contribution in [2.45, 2.75) is 53.9 Å². The summed E-state index contributed by atoms with van der Waals surface area (Å²) in [5.74, 6) is 0.987. The Morgan fingerprint density at radius 1 is 1.03 bits per heavy atom. The summed E-state index contributed by atoms with van der Waals surface area (Å²) in [7, 11) is 0. The Morgan fingerprint density at radius 3 is 2.42 bits per heavy atom. The molecule has 1 fully saturated rings. The second-order valence-electron chi connectivity index (χ2n) is 10.4. The number of amides is 1. The van der Waals surface area contributed by atoms with E-state index in [1.165, 1.54) is 0 Å². The maximum Gasteiger partial charge on any atom is 0.253 e. The monoisotopic (exact) mass is 448 g/mol. The minimum Gasteiger partial charge on any atom is -0.490 e. The van der Waals surface area contributed by atoms with E-state index in [1.54, 1.807) is 0 Å². The van der Waals surface area contributed by atoms with Gasteiger partial charge in [-0.25, -0.2) is 0 Å². The smallest absolute Gasteiger partial charge is 0.253 e. The summed E-state index contributed by atoms with van der Waals surface area (Å²) in [5, 5.41) is 0. The Morgan fingerprint density at radius 2 is 1.76 bits per heavy atom. The van der Waals surface area contributed by atoms with Crippen LogP contribution >= 0.6 is 0 Å². The van der Waals surface area contributed by atoms with E-state index in [1.807, 2.05) is 49.1 Å². The molecule has 2 aliphatic heterocycles. The zero-order valence-electron chi connectivity index (χ0n) is 20.6. The highest BCUT2D eigenvalue weighted by molar-refractivity contribution is 5.99. The highest BCUT2D eigenvalue weighted by Crippen LogP contribution is 2.39. The molecule has 0 saturated carbocycles. The molecule has 0 aromatic heterocycles. The molecular formula is C28H36N2O3. The number of carbonyl (C=O) groups is 2. The molecule has 176 valence electrons. The van der Waals surface area contributed by atoms with Crippen LogP contribution < -0.4 is 9.64 Å². The van der Waals surface area contributed by atoms with Gasteiger partial charge in [0, 0.05) is 35.8 Å². The quantitative estimate of drug-likeness (QED) is 0.536. The third kappa shape index (κ3) is 4.78. The minimum absolute atomic E-state index is 0.0211. The Bertz CT molecular complexity index is 1050. The number of rotatable bonds is 5. The summed E-state index contributed by atoms with van der Waals surface area (Å²) in [6.07, 6.45) is 2.87. The second-order valence-corrected chi connectivity index (χ2v) is 10.4. The molecule has 5 heteroatoms. The van der Waals surface area contributed by atoms with Crippen molar-refractivity contribution >= 4 is 23.1 Å². The number of hydrogen-bond acceptors (Lipinski definition) is 4. The predicted octanol–water partition coefficient (Wildman–Crippen LogP) is 5.88. The van der Waals surface area contributed by atoms with Crippen molar-refractivity contribution in [2.24, 2.45) is 11.3 Å². The number of Topliss-reactive ketones (excluding diaryl/α,β-unsaturated/α-hetero) is 1. The van der Waals surface area contributed by atoms with Gasteiger partial charge in [-0.2, -0.15) is 0 Å². The molecule has 1 amide bonds. The van der Waals surface area contributed by atoms with Gasteiger partial charge in [-0.05, 0) is 66.6 Å². The Hall–Kier alpha value is -2.82. The molecule has 0 radical (unpaired) electrons. The van der Waals surface area contributed by atoms with Crippen molar-refractivity contribution in [3.63, 3.8) is 0 Å². The molecule has 0 unspecified atom stereocenters. The third-order valence-corrected chi connectivity index (χ3v) is 7.05. The molecule has 5 nitrogen and oxygen atoms in total. The van der Waals surface area contributed by atoms with Crippen LogP contribution in [0.1, 0.15) is 73.7 Å². The van der Waals surface area contributed by atoms with Gasteiger partial charge in [0.15, 0.2) is 5.78 Å². The van der Waals surface area contributed by atoms with Gasteiger partial charge in [0.1, 0.15) is 12.4 Å². The lowest BCUT2D eigenvalue weighted by Crippen LogP contribution is -2.41. The first kappa shape index (κ1) is 23.3. The average molecular weight is 449 g/mol. The largest absolute Gasteiger partial charge is 0.490 e. The van der Waals surface area contributed by atoms with Crippen molar-refractivity contribution in [3.05, 3.63) is 53.1 Å². The molecule has 2 aromatic carbocycles. The number of hydrogen-bond donors (Lipinski definition) is 0. The van der Waals surface area contributed by atoms with Gasteiger partial charge in [-0.15, -0.1) is 0 Å². The molecule has 0 N–H and O–H groups in total. The fourth-order valence-corrected chi connectivity index (χ4v) is 4.71. The third-order valence-electron chi connectivity index (χ3n) is 7.05. The molecule has 0 bridgehead atoms. The molecule has 2 aromatic rings. The van der Waals surface area contributed by atoms with E-state index < -0.39 is 0 Å². The molecular weight excluding hydrogens is 412 g/mol. The second kappa shape index (κ2) is 9.20. The fourth-order valence-electron chi connectivity index (χ4n) is 4.71. The fraction of sp³-hybridized carbons (Fsp3) is 0.500. The average Bonchev–Trinajstić information content (AvgIpc) is 2.82. The van der Waals surface area contributed by atoms with Crippen LogP contribution in [0.3, 0.4) is 0 Å². The van der Waals surface area contributed by atoms with Crippen molar-refractivity contribution in [3.8, 4) is 5.75 Å².